The van der Waals surface area contributed by atoms with E-state index in [4.69, 9.17) is 15.2 Å². The van der Waals surface area contributed by atoms with Crippen LogP contribution < -0.4 is 20.5 Å². The average molecular weight is 287 g/mol. The molecule has 0 saturated carbocycles. The van der Waals surface area contributed by atoms with Crippen LogP contribution in [-0.2, 0) is 0 Å². The molecule has 0 aliphatic carbocycles. The summed E-state index contributed by atoms with van der Waals surface area (Å²) in [7, 11) is 0. The average Bonchev–Trinajstić information content (AvgIpc) is 2.43. The number of fused-ring (bicyclic) bond motifs is 1. The summed E-state index contributed by atoms with van der Waals surface area (Å²) < 4.78 is 10.9. The largest absolute Gasteiger partial charge is 0.486 e. The van der Waals surface area contributed by atoms with E-state index in [-0.39, 0.29) is 24.2 Å². The normalized spacial score (nSPS) is 14.2. The van der Waals surface area contributed by atoms with E-state index in [1.807, 2.05) is 6.92 Å². The summed E-state index contributed by atoms with van der Waals surface area (Å²) in [6, 6.07) is 5.32. The van der Waals surface area contributed by atoms with E-state index < -0.39 is 0 Å². The number of ether oxygens (including phenoxy) is 2. The fourth-order valence-electron chi connectivity index (χ4n) is 1.70. The van der Waals surface area contributed by atoms with Gasteiger partial charge in [0.2, 0.25) is 0 Å². The van der Waals surface area contributed by atoms with Crippen molar-refractivity contribution in [3.05, 3.63) is 23.8 Å². The number of benzene rings is 1. The highest BCUT2D eigenvalue weighted by Crippen LogP contribution is 2.33. The molecular weight excluding hydrogens is 268 g/mol. The number of carbonyl (C=O) groups excluding carboxylic acids is 1. The summed E-state index contributed by atoms with van der Waals surface area (Å²) in [6.45, 7) is 4.08. The molecular formula is C13H19ClN2O3. The van der Waals surface area contributed by atoms with Gasteiger partial charge in [0.1, 0.15) is 13.2 Å². The fraction of sp³-hybridized carbons (Fsp3) is 0.462. The number of rotatable bonds is 4. The van der Waals surface area contributed by atoms with E-state index in [2.05, 4.69) is 5.32 Å². The summed E-state index contributed by atoms with van der Waals surface area (Å²) in [6.07, 6.45) is 0. The van der Waals surface area contributed by atoms with Gasteiger partial charge in [0, 0.05) is 6.54 Å². The molecule has 6 heteroatoms. The maximum absolute atomic E-state index is 12.0. The van der Waals surface area contributed by atoms with Crippen molar-refractivity contribution in [2.45, 2.75) is 6.92 Å². The number of halogens is 1. The zero-order chi connectivity index (χ0) is 13.0. The van der Waals surface area contributed by atoms with Crippen molar-refractivity contribution < 1.29 is 14.3 Å². The number of hydrogen-bond donors (Lipinski definition) is 2. The molecule has 0 aromatic heterocycles. The van der Waals surface area contributed by atoms with Crippen molar-refractivity contribution in [2.24, 2.45) is 11.7 Å². The molecule has 5 nitrogen and oxygen atoms in total. The van der Waals surface area contributed by atoms with Crippen LogP contribution in [0.5, 0.6) is 11.5 Å². The molecule has 1 aliphatic heterocycles. The van der Waals surface area contributed by atoms with E-state index in [1.165, 1.54) is 0 Å². The molecule has 1 aromatic rings. The van der Waals surface area contributed by atoms with E-state index in [9.17, 15) is 4.79 Å². The number of hydrogen-bond acceptors (Lipinski definition) is 4. The summed E-state index contributed by atoms with van der Waals surface area (Å²) in [4.78, 5) is 12.0. The van der Waals surface area contributed by atoms with E-state index in [1.54, 1.807) is 18.2 Å². The third-order valence-electron chi connectivity index (χ3n) is 2.82. The maximum atomic E-state index is 12.0. The molecule has 1 atom stereocenters. The van der Waals surface area contributed by atoms with Crippen LogP contribution in [0.2, 0.25) is 0 Å². The molecule has 1 heterocycles. The maximum Gasteiger partial charge on any atom is 0.255 e. The topological polar surface area (TPSA) is 73.6 Å². The number of carbonyl (C=O) groups is 1. The molecule has 1 aliphatic rings. The second-order valence-electron chi connectivity index (χ2n) is 4.38. The third-order valence-corrected chi connectivity index (χ3v) is 2.82. The summed E-state index contributed by atoms with van der Waals surface area (Å²) >= 11 is 0. The van der Waals surface area contributed by atoms with E-state index in [0.29, 0.717) is 43.4 Å². The van der Waals surface area contributed by atoms with Crippen LogP contribution in [-0.4, -0.2) is 32.2 Å². The van der Waals surface area contributed by atoms with Gasteiger partial charge in [-0.1, -0.05) is 13.0 Å². The summed E-state index contributed by atoms with van der Waals surface area (Å²) in [5, 5.41) is 2.85. The van der Waals surface area contributed by atoms with Crippen LogP contribution in [0, 0.1) is 5.92 Å². The van der Waals surface area contributed by atoms with Gasteiger partial charge < -0.3 is 20.5 Å². The first-order valence-corrected chi connectivity index (χ1v) is 6.09. The zero-order valence-corrected chi connectivity index (χ0v) is 11.7. The number of nitrogens with two attached hydrogens (primary N) is 1. The van der Waals surface area contributed by atoms with Crippen LogP contribution in [0.25, 0.3) is 0 Å². The Kier molecular flexibility index (Phi) is 5.92. The summed E-state index contributed by atoms with van der Waals surface area (Å²) in [5.74, 6) is 1.26. The Morgan fingerprint density at radius 1 is 1.42 bits per heavy atom. The molecule has 1 amide bonds. The number of amides is 1. The van der Waals surface area contributed by atoms with E-state index in [0.717, 1.165) is 0 Å². The van der Waals surface area contributed by atoms with Gasteiger partial charge in [0.25, 0.3) is 5.91 Å². The van der Waals surface area contributed by atoms with Crippen molar-refractivity contribution in [3.63, 3.8) is 0 Å². The minimum atomic E-state index is -0.155. The lowest BCUT2D eigenvalue weighted by Crippen LogP contribution is -2.32. The lowest BCUT2D eigenvalue weighted by atomic mass is 10.1. The molecule has 0 spiro atoms. The van der Waals surface area contributed by atoms with Crippen LogP contribution in [0.15, 0.2) is 18.2 Å². The summed E-state index contributed by atoms with van der Waals surface area (Å²) in [5.41, 5.74) is 6.02. The smallest absolute Gasteiger partial charge is 0.255 e. The predicted molar refractivity (Wildman–Crippen MR) is 75.2 cm³/mol. The van der Waals surface area contributed by atoms with Crippen LogP contribution in [0.4, 0.5) is 0 Å². The Hall–Kier alpha value is -1.46. The van der Waals surface area contributed by atoms with Crippen molar-refractivity contribution >= 4 is 18.3 Å². The second-order valence-corrected chi connectivity index (χ2v) is 4.38. The highest BCUT2D eigenvalue weighted by atomic mass is 35.5. The Labute approximate surface area is 118 Å². The lowest BCUT2D eigenvalue weighted by molar-refractivity contribution is 0.0937. The second kappa shape index (κ2) is 7.21. The van der Waals surface area contributed by atoms with E-state index >= 15 is 0 Å². The third kappa shape index (κ3) is 3.75. The zero-order valence-electron chi connectivity index (χ0n) is 10.8. The highest BCUT2D eigenvalue weighted by Gasteiger charge is 2.20. The highest BCUT2D eigenvalue weighted by molar-refractivity contribution is 5.97. The molecule has 106 valence electrons. The van der Waals surface area contributed by atoms with Crippen molar-refractivity contribution in [1.82, 2.24) is 5.32 Å². The van der Waals surface area contributed by atoms with Gasteiger partial charge in [-0.15, -0.1) is 12.4 Å². The molecule has 1 aromatic carbocycles. The van der Waals surface area contributed by atoms with Crippen LogP contribution >= 0.6 is 12.4 Å². The molecule has 3 N–H and O–H groups in total. The van der Waals surface area contributed by atoms with Gasteiger partial charge in [-0.3, -0.25) is 4.79 Å². The van der Waals surface area contributed by atoms with Gasteiger partial charge in [-0.2, -0.15) is 0 Å². The van der Waals surface area contributed by atoms with Crippen LogP contribution in [0.1, 0.15) is 17.3 Å². The molecule has 0 radical (unpaired) electrons. The number of nitrogens with one attached hydrogen (secondary N) is 1. The van der Waals surface area contributed by atoms with Gasteiger partial charge >= 0.3 is 0 Å². The van der Waals surface area contributed by atoms with Crippen molar-refractivity contribution in [3.8, 4) is 11.5 Å². The van der Waals surface area contributed by atoms with Gasteiger partial charge in [-0.05, 0) is 24.6 Å². The Balaban J connectivity index is 0.00000180. The molecule has 1 unspecified atom stereocenters. The van der Waals surface area contributed by atoms with Crippen molar-refractivity contribution in [2.75, 3.05) is 26.3 Å². The molecule has 0 bridgehead atoms. The molecule has 19 heavy (non-hydrogen) atoms. The Bertz CT molecular complexity index is 440. The fourth-order valence-corrected chi connectivity index (χ4v) is 1.70. The lowest BCUT2D eigenvalue weighted by Gasteiger charge is -2.20. The van der Waals surface area contributed by atoms with Crippen molar-refractivity contribution in [1.29, 1.82) is 0 Å². The van der Waals surface area contributed by atoms with Gasteiger partial charge in [0.15, 0.2) is 11.5 Å². The molecule has 2 rings (SSSR count). The Morgan fingerprint density at radius 3 is 2.89 bits per heavy atom. The van der Waals surface area contributed by atoms with Gasteiger partial charge in [0.05, 0.1) is 5.56 Å². The predicted octanol–water partition coefficient (Wildman–Crippen LogP) is 1.20. The van der Waals surface area contributed by atoms with Crippen LogP contribution in [0.3, 0.4) is 0 Å². The van der Waals surface area contributed by atoms with Gasteiger partial charge in [-0.25, -0.2) is 0 Å². The first-order chi connectivity index (χ1) is 8.72. The minimum absolute atomic E-state index is 0. The first-order valence-electron chi connectivity index (χ1n) is 6.09. The quantitative estimate of drug-likeness (QED) is 0.872. The number of para-hydroxylation sites is 1. The molecule has 0 fully saturated rings. The molecule has 0 saturated heterocycles. The SMILES string of the molecule is CC(CN)CNC(=O)c1cccc2c1OCCO2.Cl. The standard InChI is InChI=1S/C13H18N2O3.ClH/c1-9(7-14)8-15-13(16)10-3-2-4-11-12(10)18-6-5-17-11;/h2-4,9H,5-8,14H2,1H3,(H,15,16);1H. The monoisotopic (exact) mass is 286 g/mol. The Morgan fingerprint density at radius 2 is 2.16 bits per heavy atom. The first kappa shape index (κ1) is 15.6. The minimum Gasteiger partial charge on any atom is -0.486 e.